The van der Waals surface area contributed by atoms with E-state index in [9.17, 15) is 4.79 Å². The predicted molar refractivity (Wildman–Crippen MR) is 90.8 cm³/mol. The average Bonchev–Trinajstić information content (AvgIpc) is 2.45. The maximum atomic E-state index is 11.8. The maximum Gasteiger partial charge on any atom is 0.319 e. The summed E-state index contributed by atoms with van der Waals surface area (Å²) in [6, 6.07) is 13.7. The number of aryl methyl sites for hydroxylation is 2. The molecule has 0 atom stereocenters. The summed E-state index contributed by atoms with van der Waals surface area (Å²) in [5.74, 6) is 0. The van der Waals surface area contributed by atoms with Crippen LogP contribution in [0.1, 0.15) is 16.7 Å². The minimum absolute atomic E-state index is 0.176. The third-order valence-corrected chi connectivity index (χ3v) is 4.18. The molecule has 0 aliphatic rings. The van der Waals surface area contributed by atoms with Crippen LogP contribution in [0, 0.1) is 13.8 Å². The molecule has 2 aromatic carbocycles. The molecule has 2 aromatic rings. The highest BCUT2D eigenvalue weighted by molar-refractivity contribution is 9.10. The first kappa shape index (κ1) is 15.6. The molecule has 0 aliphatic heterocycles. The van der Waals surface area contributed by atoms with Gasteiger partial charge in [0.05, 0.1) is 0 Å². The molecule has 110 valence electrons. The van der Waals surface area contributed by atoms with Crippen molar-refractivity contribution in [1.29, 1.82) is 0 Å². The zero-order valence-electron chi connectivity index (χ0n) is 12.2. The molecule has 0 heterocycles. The molecule has 0 aromatic heterocycles. The molecule has 0 saturated heterocycles. The smallest absolute Gasteiger partial charge is 0.319 e. The number of anilines is 1. The molecule has 0 radical (unpaired) electrons. The van der Waals surface area contributed by atoms with Crippen LogP contribution in [0.4, 0.5) is 10.5 Å². The summed E-state index contributed by atoms with van der Waals surface area (Å²) < 4.78 is 1.07. The summed E-state index contributed by atoms with van der Waals surface area (Å²) in [5.41, 5.74) is 4.39. The van der Waals surface area contributed by atoms with E-state index in [1.165, 1.54) is 16.7 Å². The molecule has 2 rings (SSSR count). The van der Waals surface area contributed by atoms with E-state index >= 15 is 0 Å². The van der Waals surface area contributed by atoms with Crippen LogP contribution in [0.25, 0.3) is 0 Å². The van der Waals surface area contributed by atoms with Crippen molar-refractivity contribution < 1.29 is 4.79 Å². The number of hydrogen-bond acceptors (Lipinski definition) is 1. The second kappa shape index (κ2) is 7.27. The molecule has 0 aliphatic carbocycles. The van der Waals surface area contributed by atoms with Crippen molar-refractivity contribution in [2.45, 2.75) is 20.3 Å². The Morgan fingerprint density at radius 2 is 1.86 bits per heavy atom. The van der Waals surface area contributed by atoms with Gasteiger partial charge in [0.25, 0.3) is 0 Å². The number of amides is 2. The first-order valence-electron chi connectivity index (χ1n) is 6.92. The van der Waals surface area contributed by atoms with Gasteiger partial charge in [-0.05, 0) is 55.2 Å². The first-order valence-corrected chi connectivity index (χ1v) is 7.71. The summed E-state index contributed by atoms with van der Waals surface area (Å²) in [4.78, 5) is 11.8. The van der Waals surface area contributed by atoms with E-state index < -0.39 is 0 Å². The minimum atomic E-state index is -0.176. The van der Waals surface area contributed by atoms with Gasteiger partial charge in [-0.3, -0.25) is 0 Å². The van der Waals surface area contributed by atoms with Gasteiger partial charge in [0.2, 0.25) is 0 Å². The van der Waals surface area contributed by atoms with E-state index in [1.807, 2.05) is 49.4 Å². The molecular weight excluding hydrogens is 328 g/mol. The van der Waals surface area contributed by atoms with E-state index in [2.05, 4.69) is 33.5 Å². The van der Waals surface area contributed by atoms with Crippen molar-refractivity contribution in [2.24, 2.45) is 0 Å². The van der Waals surface area contributed by atoms with Crippen molar-refractivity contribution in [3.63, 3.8) is 0 Å². The number of halogens is 1. The Bertz CT molecular complexity index is 640. The van der Waals surface area contributed by atoms with Crippen LogP contribution in [0.3, 0.4) is 0 Å². The number of rotatable bonds is 4. The monoisotopic (exact) mass is 346 g/mol. The van der Waals surface area contributed by atoms with Crippen LogP contribution < -0.4 is 10.6 Å². The third-order valence-electron chi connectivity index (χ3n) is 3.40. The number of urea groups is 1. The fourth-order valence-electron chi connectivity index (χ4n) is 2.01. The van der Waals surface area contributed by atoms with Crippen LogP contribution in [0.5, 0.6) is 0 Å². The van der Waals surface area contributed by atoms with Crippen molar-refractivity contribution in [3.8, 4) is 0 Å². The Morgan fingerprint density at radius 3 is 2.57 bits per heavy atom. The maximum absolute atomic E-state index is 11.8. The Kier molecular flexibility index (Phi) is 5.39. The normalized spacial score (nSPS) is 10.2. The first-order chi connectivity index (χ1) is 10.1. The Labute approximate surface area is 133 Å². The van der Waals surface area contributed by atoms with Crippen LogP contribution in [-0.2, 0) is 6.42 Å². The van der Waals surface area contributed by atoms with Gasteiger partial charge in [-0.1, -0.05) is 40.2 Å². The Balaban J connectivity index is 1.82. The SMILES string of the molecule is Cc1ccc(NC(=O)NCCc2ccccc2Br)cc1C. The Morgan fingerprint density at radius 1 is 1.10 bits per heavy atom. The van der Waals surface area contributed by atoms with E-state index in [0.29, 0.717) is 6.54 Å². The van der Waals surface area contributed by atoms with Gasteiger partial charge in [0.1, 0.15) is 0 Å². The Hall–Kier alpha value is -1.81. The zero-order chi connectivity index (χ0) is 15.2. The average molecular weight is 347 g/mol. The molecule has 0 unspecified atom stereocenters. The highest BCUT2D eigenvalue weighted by atomic mass is 79.9. The van der Waals surface area contributed by atoms with Gasteiger partial charge in [-0.15, -0.1) is 0 Å². The molecule has 2 N–H and O–H groups in total. The lowest BCUT2D eigenvalue weighted by Gasteiger charge is -2.10. The van der Waals surface area contributed by atoms with Gasteiger partial charge in [-0.25, -0.2) is 4.79 Å². The van der Waals surface area contributed by atoms with Gasteiger partial charge in [0, 0.05) is 16.7 Å². The number of carbonyl (C=O) groups is 1. The topological polar surface area (TPSA) is 41.1 Å². The summed E-state index contributed by atoms with van der Waals surface area (Å²) >= 11 is 3.50. The lowest BCUT2D eigenvalue weighted by atomic mass is 10.1. The second-order valence-corrected chi connectivity index (χ2v) is 5.88. The van der Waals surface area contributed by atoms with E-state index in [4.69, 9.17) is 0 Å². The van der Waals surface area contributed by atoms with Crippen LogP contribution in [0.2, 0.25) is 0 Å². The lowest BCUT2D eigenvalue weighted by molar-refractivity contribution is 0.252. The van der Waals surface area contributed by atoms with Crippen LogP contribution in [0.15, 0.2) is 46.9 Å². The van der Waals surface area contributed by atoms with Crippen molar-refractivity contribution >= 4 is 27.6 Å². The molecule has 2 amide bonds. The molecule has 0 bridgehead atoms. The van der Waals surface area contributed by atoms with Gasteiger partial charge in [-0.2, -0.15) is 0 Å². The van der Waals surface area contributed by atoms with Crippen LogP contribution in [-0.4, -0.2) is 12.6 Å². The summed E-state index contributed by atoms with van der Waals surface area (Å²) in [7, 11) is 0. The van der Waals surface area contributed by atoms with Crippen molar-refractivity contribution in [2.75, 3.05) is 11.9 Å². The molecule has 0 spiro atoms. The molecule has 4 heteroatoms. The molecular formula is C17H19BrN2O. The second-order valence-electron chi connectivity index (χ2n) is 5.02. The highest BCUT2D eigenvalue weighted by Crippen LogP contribution is 2.16. The lowest BCUT2D eigenvalue weighted by Crippen LogP contribution is -2.30. The van der Waals surface area contributed by atoms with E-state index in [1.54, 1.807) is 0 Å². The predicted octanol–water partition coefficient (Wildman–Crippen LogP) is 4.43. The van der Waals surface area contributed by atoms with Gasteiger partial charge >= 0.3 is 6.03 Å². The molecule has 3 nitrogen and oxygen atoms in total. The number of hydrogen-bond donors (Lipinski definition) is 2. The fourth-order valence-corrected chi connectivity index (χ4v) is 2.49. The van der Waals surface area contributed by atoms with E-state index in [-0.39, 0.29) is 6.03 Å². The van der Waals surface area contributed by atoms with Crippen molar-refractivity contribution in [1.82, 2.24) is 5.32 Å². The number of carbonyl (C=O) groups excluding carboxylic acids is 1. The molecule has 0 fully saturated rings. The summed E-state index contributed by atoms with van der Waals surface area (Å²) in [6.45, 7) is 4.68. The summed E-state index contributed by atoms with van der Waals surface area (Å²) in [6.07, 6.45) is 0.793. The quantitative estimate of drug-likeness (QED) is 0.844. The standard InChI is InChI=1S/C17H19BrN2O/c1-12-7-8-15(11-13(12)2)20-17(21)19-10-9-14-5-3-4-6-16(14)18/h3-8,11H,9-10H2,1-2H3,(H2,19,20,21). The van der Waals surface area contributed by atoms with Crippen molar-refractivity contribution in [3.05, 3.63) is 63.6 Å². The number of benzene rings is 2. The van der Waals surface area contributed by atoms with Gasteiger partial charge in [0.15, 0.2) is 0 Å². The zero-order valence-corrected chi connectivity index (χ0v) is 13.8. The third kappa shape index (κ3) is 4.60. The molecule has 21 heavy (non-hydrogen) atoms. The van der Waals surface area contributed by atoms with Crippen LogP contribution >= 0.6 is 15.9 Å². The van der Waals surface area contributed by atoms with E-state index in [0.717, 1.165) is 16.6 Å². The minimum Gasteiger partial charge on any atom is -0.338 e. The number of nitrogens with one attached hydrogen (secondary N) is 2. The summed E-state index contributed by atoms with van der Waals surface area (Å²) in [5, 5.41) is 5.72. The fraction of sp³-hybridized carbons (Fsp3) is 0.235. The van der Waals surface area contributed by atoms with Gasteiger partial charge < -0.3 is 10.6 Å². The highest BCUT2D eigenvalue weighted by Gasteiger charge is 2.03. The largest absolute Gasteiger partial charge is 0.338 e. The molecule has 0 saturated carbocycles.